The van der Waals surface area contributed by atoms with Gasteiger partial charge >= 0.3 is 0 Å². The average Bonchev–Trinajstić information content (AvgIpc) is 2.46. The van der Waals surface area contributed by atoms with Crippen molar-refractivity contribution in [2.75, 3.05) is 13.1 Å². The Morgan fingerprint density at radius 1 is 1.30 bits per heavy atom. The van der Waals surface area contributed by atoms with Crippen molar-refractivity contribution in [1.82, 2.24) is 10.2 Å². The number of nitrogens with one attached hydrogen (secondary N) is 1. The minimum Gasteiger partial charge on any atom is -0.341 e. The molecular formula is C17H26N2O. The number of hydrogen-bond donors (Lipinski definition) is 1. The minimum atomic E-state index is 0.206. The molecule has 0 saturated carbocycles. The summed E-state index contributed by atoms with van der Waals surface area (Å²) < 4.78 is 0. The fourth-order valence-electron chi connectivity index (χ4n) is 3.08. The first-order chi connectivity index (χ1) is 9.69. The van der Waals surface area contributed by atoms with Crippen LogP contribution in [0.25, 0.3) is 0 Å². The number of carbonyl (C=O) groups is 1. The molecule has 2 atom stereocenters. The summed E-state index contributed by atoms with van der Waals surface area (Å²) in [5.41, 5.74) is 1.31. The summed E-state index contributed by atoms with van der Waals surface area (Å²) in [5, 5.41) is 3.62. The molecule has 1 heterocycles. The maximum atomic E-state index is 11.7. The second kappa shape index (κ2) is 7.44. The Bertz CT molecular complexity index is 418. The van der Waals surface area contributed by atoms with E-state index in [1.165, 1.54) is 24.8 Å². The van der Waals surface area contributed by atoms with Crippen molar-refractivity contribution in [2.45, 2.75) is 45.7 Å². The van der Waals surface area contributed by atoms with Gasteiger partial charge in [0.2, 0.25) is 5.91 Å². The fraction of sp³-hybridized carbons (Fsp3) is 0.588. The van der Waals surface area contributed by atoms with Gasteiger partial charge in [-0.2, -0.15) is 0 Å². The average molecular weight is 274 g/mol. The molecule has 1 N–H and O–H groups in total. The SMILES string of the molecule is CCCC1CC(NCc2ccccc2)CN(C(C)=O)C1. The summed E-state index contributed by atoms with van der Waals surface area (Å²) in [6, 6.07) is 10.9. The highest BCUT2D eigenvalue weighted by Gasteiger charge is 2.27. The fourth-order valence-corrected chi connectivity index (χ4v) is 3.08. The van der Waals surface area contributed by atoms with Crippen molar-refractivity contribution in [3.8, 4) is 0 Å². The van der Waals surface area contributed by atoms with Crippen LogP contribution in [0.3, 0.4) is 0 Å². The van der Waals surface area contributed by atoms with Gasteiger partial charge in [0, 0.05) is 32.6 Å². The van der Waals surface area contributed by atoms with E-state index in [4.69, 9.17) is 0 Å². The molecule has 0 bridgehead atoms. The van der Waals surface area contributed by atoms with E-state index in [0.29, 0.717) is 12.0 Å². The van der Waals surface area contributed by atoms with E-state index >= 15 is 0 Å². The van der Waals surface area contributed by atoms with Gasteiger partial charge in [0.15, 0.2) is 0 Å². The van der Waals surface area contributed by atoms with Crippen molar-refractivity contribution in [1.29, 1.82) is 0 Å². The largest absolute Gasteiger partial charge is 0.341 e. The van der Waals surface area contributed by atoms with Crippen molar-refractivity contribution in [3.05, 3.63) is 35.9 Å². The molecule has 1 aliphatic rings. The van der Waals surface area contributed by atoms with Gasteiger partial charge in [-0.05, 0) is 24.3 Å². The summed E-state index contributed by atoms with van der Waals surface area (Å²) in [6.07, 6.45) is 3.60. The number of nitrogens with zero attached hydrogens (tertiary/aromatic N) is 1. The molecule has 1 aliphatic heterocycles. The molecule has 20 heavy (non-hydrogen) atoms. The Morgan fingerprint density at radius 3 is 2.70 bits per heavy atom. The Morgan fingerprint density at radius 2 is 2.05 bits per heavy atom. The maximum Gasteiger partial charge on any atom is 0.219 e. The smallest absolute Gasteiger partial charge is 0.219 e. The second-order valence-electron chi connectivity index (χ2n) is 5.88. The topological polar surface area (TPSA) is 32.3 Å². The normalized spacial score (nSPS) is 22.8. The van der Waals surface area contributed by atoms with Gasteiger partial charge < -0.3 is 10.2 Å². The molecule has 3 nitrogen and oxygen atoms in total. The third-order valence-electron chi connectivity index (χ3n) is 4.12. The third kappa shape index (κ3) is 4.34. The van der Waals surface area contributed by atoms with Gasteiger partial charge in [-0.25, -0.2) is 0 Å². The molecule has 1 saturated heterocycles. The zero-order chi connectivity index (χ0) is 14.4. The van der Waals surface area contributed by atoms with Gasteiger partial charge in [-0.3, -0.25) is 4.79 Å². The molecule has 0 spiro atoms. The molecule has 0 radical (unpaired) electrons. The molecular weight excluding hydrogens is 248 g/mol. The van der Waals surface area contributed by atoms with Crippen LogP contribution < -0.4 is 5.32 Å². The molecule has 1 fully saturated rings. The first-order valence-corrected chi connectivity index (χ1v) is 7.72. The van der Waals surface area contributed by atoms with Crippen LogP contribution in [0.1, 0.15) is 38.7 Å². The monoisotopic (exact) mass is 274 g/mol. The molecule has 0 aliphatic carbocycles. The number of hydrogen-bond acceptors (Lipinski definition) is 2. The Hall–Kier alpha value is -1.35. The Kier molecular flexibility index (Phi) is 5.60. The van der Waals surface area contributed by atoms with Crippen LogP contribution in [0.2, 0.25) is 0 Å². The second-order valence-corrected chi connectivity index (χ2v) is 5.88. The number of piperidine rings is 1. The van der Waals surface area contributed by atoms with Gasteiger partial charge in [0.1, 0.15) is 0 Å². The predicted octanol–water partition coefficient (Wildman–Crippen LogP) is 2.81. The summed E-state index contributed by atoms with van der Waals surface area (Å²) in [7, 11) is 0. The van der Waals surface area contributed by atoms with E-state index in [1.807, 2.05) is 11.0 Å². The number of rotatable bonds is 5. The lowest BCUT2D eigenvalue weighted by atomic mass is 9.90. The van der Waals surface area contributed by atoms with Crippen LogP contribution in [-0.2, 0) is 11.3 Å². The van der Waals surface area contributed by atoms with Crippen LogP contribution >= 0.6 is 0 Å². The minimum absolute atomic E-state index is 0.206. The lowest BCUT2D eigenvalue weighted by molar-refractivity contribution is -0.131. The number of carbonyl (C=O) groups excluding carboxylic acids is 1. The highest BCUT2D eigenvalue weighted by atomic mass is 16.2. The number of likely N-dealkylation sites (tertiary alicyclic amines) is 1. The lowest BCUT2D eigenvalue weighted by Gasteiger charge is -2.38. The quantitative estimate of drug-likeness (QED) is 0.895. The lowest BCUT2D eigenvalue weighted by Crippen LogP contribution is -2.50. The van der Waals surface area contributed by atoms with Crippen LogP contribution in [0.5, 0.6) is 0 Å². The van der Waals surface area contributed by atoms with Crippen LogP contribution in [-0.4, -0.2) is 29.9 Å². The molecule has 1 aromatic carbocycles. The molecule has 0 aromatic heterocycles. The van der Waals surface area contributed by atoms with Crippen LogP contribution in [0, 0.1) is 5.92 Å². The van der Waals surface area contributed by atoms with Gasteiger partial charge in [0.05, 0.1) is 0 Å². The molecule has 3 heteroatoms. The molecule has 1 amide bonds. The first-order valence-electron chi connectivity index (χ1n) is 7.72. The standard InChI is InChI=1S/C17H26N2O/c1-3-7-16-10-17(13-19(12-16)14(2)20)18-11-15-8-5-4-6-9-15/h4-6,8-9,16-18H,3,7,10-13H2,1-2H3. The molecule has 110 valence electrons. The summed E-state index contributed by atoms with van der Waals surface area (Å²) >= 11 is 0. The number of benzene rings is 1. The van der Waals surface area contributed by atoms with Gasteiger partial charge in [-0.15, -0.1) is 0 Å². The Labute approximate surface area is 122 Å². The van der Waals surface area contributed by atoms with Gasteiger partial charge in [0.25, 0.3) is 0 Å². The van der Waals surface area contributed by atoms with E-state index in [9.17, 15) is 4.79 Å². The zero-order valence-corrected chi connectivity index (χ0v) is 12.6. The molecule has 1 aromatic rings. The summed E-state index contributed by atoms with van der Waals surface area (Å²) in [4.78, 5) is 13.7. The summed E-state index contributed by atoms with van der Waals surface area (Å²) in [6.45, 7) is 6.58. The van der Waals surface area contributed by atoms with E-state index in [0.717, 1.165) is 19.6 Å². The third-order valence-corrected chi connectivity index (χ3v) is 4.12. The van der Waals surface area contributed by atoms with Crippen molar-refractivity contribution >= 4 is 5.91 Å². The van der Waals surface area contributed by atoms with Gasteiger partial charge in [-0.1, -0.05) is 43.7 Å². The molecule has 2 rings (SSSR count). The van der Waals surface area contributed by atoms with Crippen molar-refractivity contribution in [2.24, 2.45) is 5.92 Å². The number of amides is 1. The van der Waals surface area contributed by atoms with E-state index in [2.05, 4.69) is 36.5 Å². The molecule has 2 unspecified atom stereocenters. The van der Waals surface area contributed by atoms with Crippen molar-refractivity contribution < 1.29 is 4.79 Å². The Balaban J connectivity index is 1.90. The zero-order valence-electron chi connectivity index (χ0n) is 12.6. The van der Waals surface area contributed by atoms with E-state index in [1.54, 1.807) is 6.92 Å². The van der Waals surface area contributed by atoms with E-state index < -0.39 is 0 Å². The van der Waals surface area contributed by atoms with Crippen LogP contribution in [0.15, 0.2) is 30.3 Å². The first kappa shape index (κ1) is 15.0. The highest BCUT2D eigenvalue weighted by Crippen LogP contribution is 2.21. The van der Waals surface area contributed by atoms with Crippen molar-refractivity contribution in [3.63, 3.8) is 0 Å². The summed E-state index contributed by atoms with van der Waals surface area (Å²) in [5.74, 6) is 0.850. The maximum absolute atomic E-state index is 11.7. The van der Waals surface area contributed by atoms with E-state index in [-0.39, 0.29) is 5.91 Å². The van der Waals surface area contributed by atoms with Crippen LogP contribution in [0.4, 0.5) is 0 Å². The highest BCUT2D eigenvalue weighted by molar-refractivity contribution is 5.73. The predicted molar refractivity (Wildman–Crippen MR) is 82.3 cm³/mol.